The molecule has 0 aliphatic carbocycles. The second-order valence-electron chi connectivity index (χ2n) is 1.44. The molecule has 1 radical (unpaired) electrons. The normalized spacial score (nSPS) is 9.00. The molecule has 1 aromatic rings. The molecule has 0 fully saturated rings. The predicted molar refractivity (Wildman–Crippen MR) is 32.8 cm³/mol. The van der Waals surface area contributed by atoms with Gasteiger partial charge in [0.2, 0.25) is 12.3 Å². The van der Waals surface area contributed by atoms with Gasteiger partial charge in [-0.3, -0.25) is 0 Å². The average Bonchev–Trinajstić information content (AvgIpc) is 1.91. The monoisotopic (exact) mass is 123 g/mol. The summed E-state index contributed by atoms with van der Waals surface area (Å²) in [7, 11) is 0. The highest BCUT2D eigenvalue weighted by molar-refractivity contribution is 5.19. The lowest BCUT2D eigenvalue weighted by Gasteiger charge is -1.95. The molecule has 0 aliphatic rings. The molecule has 0 saturated heterocycles. The third-order valence-corrected chi connectivity index (χ3v) is 0.786. The summed E-state index contributed by atoms with van der Waals surface area (Å²) in [6.07, 6.45) is 3.83. The quantitative estimate of drug-likeness (QED) is 0.606. The highest BCUT2D eigenvalue weighted by atomic mass is 15.1. The van der Waals surface area contributed by atoms with Gasteiger partial charge >= 0.3 is 0 Å². The number of nitrogens with one attached hydrogen (secondary N) is 1. The highest BCUT2D eigenvalue weighted by Crippen LogP contribution is 1.88. The van der Waals surface area contributed by atoms with Crippen LogP contribution in [0.4, 0.5) is 5.95 Å². The van der Waals surface area contributed by atoms with E-state index in [4.69, 9.17) is 0 Å². The second kappa shape index (κ2) is 2.96. The van der Waals surface area contributed by atoms with Crippen LogP contribution in [0.25, 0.3) is 0 Å². The Hall–Kier alpha value is -1.19. The Kier molecular flexibility index (Phi) is 1.95. The lowest BCUT2D eigenvalue weighted by molar-refractivity contribution is 1.01. The molecular weight excluding hydrogens is 116 g/mol. The summed E-state index contributed by atoms with van der Waals surface area (Å²) >= 11 is 0. The number of nitrogens with zero attached hydrogens (tertiary/aromatic N) is 3. The Labute approximate surface area is 53.4 Å². The Morgan fingerprint density at radius 2 is 2.67 bits per heavy atom. The fourth-order valence-electron chi connectivity index (χ4n) is 0.458. The van der Waals surface area contributed by atoms with Crippen molar-refractivity contribution in [3.05, 3.63) is 12.7 Å². The number of hydrogen-bond acceptors (Lipinski definition) is 4. The van der Waals surface area contributed by atoms with E-state index in [9.17, 15) is 0 Å². The molecule has 1 aromatic heterocycles. The minimum absolute atomic E-state index is 0.576. The molecule has 0 aliphatic heterocycles. The minimum Gasteiger partial charge on any atom is -0.354 e. The summed E-state index contributed by atoms with van der Waals surface area (Å²) in [5.41, 5.74) is 0. The molecule has 1 heterocycles. The molecule has 0 unspecified atom stereocenters. The van der Waals surface area contributed by atoms with E-state index in [1.165, 1.54) is 6.33 Å². The zero-order valence-corrected chi connectivity index (χ0v) is 5.13. The standard InChI is InChI=1S/C5H7N4/c1-2-7-5-8-3-6-4-9-5/h3H,2H2,1H3,(H,6,7,8,9). The lowest BCUT2D eigenvalue weighted by Crippen LogP contribution is -2.01. The van der Waals surface area contributed by atoms with E-state index in [-0.39, 0.29) is 0 Å². The minimum atomic E-state index is 0.576. The lowest BCUT2D eigenvalue weighted by atomic mass is 10.7. The summed E-state index contributed by atoms with van der Waals surface area (Å²) in [4.78, 5) is 11.1. The Morgan fingerprint density at radius 1 is 1.78 bits per heavy atom. The third kappa shape index (κ3) is 1.64. The molecule has 0 aromatic carbocycles. The van der Waals surface area contributed by atoms with Crippen LogP contribution in [0.1, 0.15) is 6.92 Å². The van der Waals surface area contributed by atoms with Gasteiger partial charge in [0.25, 0.3) is 0 Å². The van der Waals surface area contributed by atoms with Gasteiger partial charge in [-0.1, -0.05) is 0 Å². The molecule has 4 heteroatoms. The molecule has 0 amide bonds. The number of anilines is 1. The molecule has 0 atom stereocenters. The summed E-state index contributed by atoms with van der Waals surface area (Å²) in [5, 5.41) is 2.91. The summed E-state index contributed by atoms with van der Waals surface area (Å²) < 4.78 is 0. The summed E-state index contributed by atoms with van der Waals surface area (Å²) in [6.45, 7) is 2.79. The largest absolute Gasteiger partial charge is 0.354 e. The summed E-state index contributed by atoms with van der Waals surface area (Å²) in [5.74, 6) is 0.576. The van der Waals surface area contributed by atoms with E-state index < -0.39 is 0 Å². The smallest absolute Gasteiger partial charge is 0.226 e. The first-order valence-corrected chi connectivity index (χ1v) is 2.72. The maximum Gasteiger partial charge on any atom is 0.226 e. The van der Waals surface area contributed by atoms with Crippen molar-refractivity contribution in [1.29, 1.82) is 0 Å². The SMILES string of the molecule is CCNc1n[c]ncn1. The van der Waals surface area contributed by atoms with E-state index >= 15 is 0 Å². The van der Waals surface area contributed by atoms with Gasteiger partial charge in [-0.05, 0) is 6.92 Å². The van der Waals surface area contributed by atoms with Crippen molar-refractivity contribution >= 4 is 5.95 Å². The van der Waals surface area contributed by atoms with Crippen molar-refractivity contribution in [1.82, 2.24) is 15.0 Å². The van der Waals surface area contributed by atoms with Gasteiger partial charge in [-0.25, -0.2) is 9.97 Å². The van der Waals surface area contributed by atoms with E-state index in [1.807, 2.05) is 6.92 Å². The van der Waals surface area contributed by atoms with Crippen molar-refractivity contribution in [2.24, 2.45) is 0 Å². The first kappa shape index (κ1) is 5.94. The maximum absolute atomic E-state index is 3.80. The van der Waals surface area contributed by atoms with Gasteiger partial charge in [0, 0.05) is 6.54 Å². The van der Waals surface area contributed by atoms with Crippen LogP contribution in [-0.4, -0.2) is 21.5 Å². The first-order chi connectivity index (χ1) is 4.43. The number of rotatable bonds is 2. The zero-order chi connectivity index (χ0) is 6.53. The van der Waals surface area contributed by atoms with Crippen LogP contribution in [0.2, 0.25) is 0 Å². The Bertz CT molecular complexity index is 162. The van der Waals surface area contributed by atoms with Crippen molar-refractivity contribution in [3.63, 3.8) is 0 Å². The van der Waals surface area contributed by atoms with Gasteiger partial charge in [-0.2, -0.15) is 4.98 Å². The Balaban J connectivity index is 2.61. The molecule has 4 nitrogen and oxygen atoms in total. The van der Waals surface area contributed by atoms with E-state index in [1.54, 1.807) is 0 Å². The highest BCUT2D eigenvalue weighted by Gasteiger charge is 1.86. The number of hydrogen-bond donors (Lipinski definition) is 1. The molecule has 1 rings (SSSR count). The molecule has 47 valence electrons. The van der Waals surface area contributed by atoms with Gasteiger partial charge in [0.15, 0.2) is 0 Å². The topological polar surface area (TPSA) is 50.7 Å². The fraction of sp³-hybridized carbons (Fsp3) is 0.400. The average molecular weight is 123 g/mol. The molecule has 0 bridgehead atoms. The molecular formula is C5H7N4. The molecule has 0 spiro atoms. The third-order valence-electron chi connectivity index (χ3n) is 0.786. The fourth-order valence-corrected chi connectivity index (χ4v) is 0.458. The van der Waals surface area contributed by atoms with Gasteiger partial charge < -0.3 is 5.32 Å². The summed E-state index contributed by atoms with van der Waals surface area (Å²) in [6, 6.07) is 0. The van der Waals surface area contributed by atoms with Crippen LogP contribution in [-0.2, 0) is 0 Å². The maximum atomic E-state index is 3.80. The van der Waals surface area contributed by atoms with Crippen LogP contribution in [0.15, 0.2) is 6.33 Å². The van der Waals surface area contributed by atoms with Crippen LogP contribution >= 0.6 is 0 Å². The van der Waals surface area contributed by atoms with Gasteiger partial charge in [-0.15, -0.1) is 0 Å². The van der Waals surface area contributed by atoms with Crippen molar-refractivity contribution in [2.45, 2.75) is 6.92 Å². The van der Waals surface area contributed by atoms with Gasteiger partial charge in [0.05, 0.1) is 0 Å². The second-order valence-corrected chi connectivity index (χ2v) is 1.44. The van der Waals surface area contributed by atoms with E-state index in [0.717, 1.165) is 6.54 Å². The van der Waals surface area contributed by atoms with Gasteiger partial charge in [0.1, 0.15) is 6.33 Å². The van der Waals surface area contributed by atoms with Crippen LogP contribution in [0.3, 0.4) is 0 Å². The molecule has 0 saturated carbocycles. The van der Waals surface area contributed by atoms with Crippen molar-refractivity contribution < 1.29 is 0 Å². The van der Waals surface area contributed by atoms with E-state index in [2.05, 4.69) is 26.6 Å². The first-order valence-electron chi connectivity index (χ1n) is 2.72. The molecule has 9 heavy (non-hydrogen) atoms. The van der Waals surface area contributed by atoms with Crippen LogP contribution in [0.5, 0.6) is 0 Å². The molecule has 1 N–H and O–H groups in total. The van der Waals surface area contributed by atoms with Crippen LogP contribution < -0.4 is 5.32 Å². The Morgan fingerprint density at radius 3 is 3.22 bits per heavy atom. The van der Waals surface area contributed by atoms with Crippen molar-refractivity contribution in [3.8, 4) is 0 Å². The number of aromatic nitrogens is 3. The van der Waals surface area contributed by atoms with E-state index in [0.29, 0.717) is 5.95 Å². The van der Waals surface area contributed by atoms with Crippen LogP contribution in [0, 0.1) is 6.33 Å². The van der Waals surface area contributed by atoms with Crippen molar-refractivity contribution in [2.75, 3.05) is 11.9 Å². The zero-order valence-electron chi connectivity index (χ0n) is 5.13. The predicted octanol–water partition coefficient (Wildman–Crippen LogP) is 0.104.